The van der Waals surface area contributed by atoms with E-state index in [-0.39, 0.29) is 17.6 Å². The normalized spacial score (nSPS) is 19.9. The minimum atomic E-state index is -0.568. The number of aryl methyl sites for hydroxylation is 1. The molecule has 1 aliphatic heterocycles. The summed E-state index contributed by atoms with van der Waals surface area (Å²) in [6, 6.07) is 7.71. The van der Waals surface area contributed by atoms with Gasteiger partial charge in [-0.25, -0.2) is 4.39 Å². The van der Waals surface area contributed by atoms with Gasteiger partial charge in [-0.1, -0.05) is 18.2 Å². The smallest absolute Gasteiger partial charge is 0.246 e. The highest BCUT2D eigenvalue weighted by Gasteiger charge is 2.34. The second-order valence-corrected chi connectivity index (χ2v) is 7.61. The molecule has 1 saturated heterocycles. The molecular formula is C19H21FN2O3S. The molecule has 1 aliphatic rings. The van der Waals surface area contributed by atoms with Gasteiger partial charge in [-0.05, 0) is 31.0 Å². The van der Waals surface area contributed by atoms with Crippen LogP contribution in [-0.4, -0.2) is 40.8 Å². The molecule has 2 atom stereocenters. The van der Waals surface area contributed by atoms with Gasteiger partial charge in [0.05, 0.1) is 11.5 Å². The third-order valence-electron chi connectivity index (χ3n) is 4.48. The lowest BCUT2D eigenvalue weighted by Crippen LogP contribution is -2.54. The van der Waals surface area contributed by atoms with Gasteiger partial charge >= 0.3 is 0 Å². The van der Waals surface area contributed by atoms with Crippen molar-refractivity contribution in [3.05, 3.63) is 59.3 Å². The Balaban J connectivity index is 1.57. The Labute approximate surface area is 155 Å². The van der Waals surface area contributed by atoms with Gasteiger partial charge in [0.25, 0.3) is 0 Å². The van der Waals surface area contributed by atoms with Gasteiger partial charge in [0.2, 0.25) is 11.8 Å². The molecule has 7 heteroatoms. The molecule has 3 rings (SSSR count). The highest BCUT2D eigenvalue weighted by Crippen LogP contribution is 2.24. The summed E-state index contributed by atoms with van der Waals surface area (Å²) in [5.41, 5.74) is 1.45. The van der Waals surface area contributed by atoms with Gasteiger partial charge in [-0.2, -0.15) is 0 Å². The number of amides is 2. The van der Waals surface area contributed by atoms with Gasteiger partial charge in [0.1, 0.15) is 17.6 Å². The lowest BCUT2D eigenvalue weighted by atomic mass is 10.1. The fourth-order valence-corrected chi connectivity index (χ4v) is 4.08. The number of hydrogen-bond donors (Lipinski definition) is 1. The van der Waals surface area contributed by atoms with Crippen molar-refractivity contribution in [2.24, 2.45) is 0 Å². The van der Waals surface area contributed by atoms with Crippen molar-refractivity contribution < 1.29 is 18.4 Å². The maximum absolute atomic E-state index is 13.8. The molecule has 26 heavy (non-hydrogen) atoms. The summed E-state index contributed by atoms with van der Waals surface area (Å²) in [6.45, 7) is 2.27. The number of likely N-dealkylation sites (N-methyl/N-ethyl adjacent to an activating group) is 1. The molecule has 2 aromatic rings. The summed E-state index contributed by atoms with van der Waals surface area (Å²) < 4.78 is 19.0. The predicted octanol–water partition coefficient (Wildman–Crippen LogP) is 2.53. The van der Waals surface area contributed by atoms with Crippen molar-refractivity contribution in [3.63, 3.8) is 0 Å². The number of nitrogens with one attached hydrogen (secondary N) is 1. The minimum Gasteiger partial charge on any atom is -0.469 e. The van der Waals surface area contributed by atoms with Crippen LogP contribution in [0.5, 0.6) is 0 Å². The number of nitrogens with zero attached hydrogens (tertiary/aromatic N) is 1. The first kappa shape index (κ1) is 18.5. The van der Waals surface area contributed by atoms with E-state index in [1.807, 2.05) is 13.0 Å². The second kappa shape index (κ2) is 7.95. The van der Waals surface area contributed by atoms with Gasteiger partial charge in [0, 0.05) is 24.9 Å². The van der Waals surface area contributed by atoms with E-state index in [9.17, 15) is 14.0 Å². The van der Waals surface area contributed by atoms with E-state index >= 15 is 0 Å². The van der Waals surface area contributed by atoms with Crippen molar-refractivity contribution in [2.45, 2.75) is 31.2 Å². The summed E-state index contributed by atoms with van der Waals surface area (Å²) >= 11 is 1.40. The van der Waals surface area contributed by atoms with Crippen LogP contribution >= 0.6 is 11.8 Å². The third-order valence-corrected chi connectivity index (χ3v) is 5.79. The van der Waals surface area contributed by atoms with Gasteiger partial charge < -0.3 is 14.6 Å². The Kier molecular flexibility index (Phi) is 5.66. The van der Waals surface area contributed by atoms with Crippen molar-refractivity contribution >= 4 is 23.6 Å². The maximum atomic E-state index is 13.8. The van der Waals surface area contributed by atoms with Gasteiger partial charge in [0.15, 0.2) is 0 Å². The predicted molar refractivity (Wildman–Crippen MR) is 98.2 cm³/mol. The quantitative estimate of drug-likeness (QED) is 0.871. The molecular weight excluding hydrogens is 355 g/mol. The zero-order valence-corrected chi connectivity index (χ0v) is 15.5. The fourth-order valence-electron chi connectivity index (χ4n) is 2.92. The second-order valence-electron chi connectivity index (χ2n) is 6.38. The van der Waals surface area contributed by atoms with Crippen LogP contribution in [0.25, 0.3) is 0 Å². The zero-order chi connectivity index (χ0) is 18.7. The van der Waals surface area contributed by atoms with Crippen molar-refractivity contribution in [1.29, 1.82) is 0 Å². The van der Waals surface area contributed by atoms with E-state index in [0.29, 0.717) is 24.3 Å². The average molecular weight is 376 g/mol. The Morgan fingerprint density at radius 2 is 2.12 bits per heavy atom. The Hall–Kier alpha value is -2.28. The molecule has 0 saturated carbocycles. The molecule has 1 fully saturated rings. The van der Waals surface area contributed by atoms with Crippen LogP contribution in [0, 0.1) is 12.7 Å². The molecule has 0 bridgehead atoms. The number of carbonyl (C=O) groups is 2. The van der Waals surface area contributed by atoms with Gasteiger partial charge in [-0.15, -0.1) is 11.8 Å². The van der Waals surface area contributed by atoms with Crippen LogP contribution in [-0.2, 0) is 22.6 Å². The fraction of sp³-hybridized carbons (Fsp3) is 0.368. The first-order valence-corrected chi connectivity index (χ1v) is 9.44. The summed E-state index contributed by atoms with van der Waals surface area (Å²) in [5, 5.41) is 2.39. The molecule has 0 spiro atoms. The lowest BCUT2D eigenvalue weighted by Gasteiger charge is -2.30. The van der Waals surface area contributed by atoms with Crippen LogP contribution < -0.4 is 5.32 Å². The summed E-state index contributed by atoms with van der Waals surface area (Å²) in [5.74, 6) is 0.566. The van der Waals surface area contributed by atoms with E-state index in [1.54, 1.807) is 36.4 Å². The summed E-state index contributed by atoms with van der Waals surface area (Å²) in [7, 11) is 1.71. The van der Waals surface area contributed by atoms with Crippen LogP contribution in [0.4, 0.5) is 4.39 Å². The minimum absolute atomic E-state index is 0.143. The number of halogens is 1. The van der Waals surface area contributed by atoms with Crippen molar-refractivity contribution in [1.82, 2.24) is 10.2 Å². The van der Waals surface area contributed by atoms with Crippen molar-refractivity contribution in [2.75, 3.05) is 12.8 Å². The number of furan rings is 1. The van der Waals surface area contributed by atoms with Crippen LogP contribution in [0.15, 0.2) is 41.0 Å². The molecule has 1 N–H and O–H groups in total. The highest BCUT2D eigenvalue weighted by molar-refractivity contribution is 8.00. The molecule has 138 valence electrons. The van der Waals surface area contributed by atoms with Crippen LogP contribution in [0.3, 0.4) is 0 Å². The van der Waals surface area contributed by atoms with Crippen LogP contribution in [0.1, 0.15) is 16.9 Å². The molecule has 1 aromatic carbocycles. The van der Waals surface area contributed by atoms with E-state index in [1.165, 1.54) is 17.8 Å². The molecule has 0 radical (unpaired) electrons. The van der Waals surface area contributed by atoms with E-state index < -0.39 is 11.3 Å². The monoisotopic (exact) mass is 376 g/mol. The number of carbonyl (C=O) groups excluding carboxylic acids is 2. The summed E-state index contributed by atoms with van der Waals surface area (Å²) in [4.78, 5) is 26.6. The molecule has 5 nitrogen and oxygen atoms in total. The first-order chi connectivity index (χ1) is 12.5. The number of hydrogen-bond acceptors (Lipinski definition) is 4. The lowest BCUT2D eigenvalue weighted by molar-refractivity contribution is -0.135. The third kappa shape index (κ3) is 4.09. The highest BCUT2D eigenvalue weighted by atomic mass is 32.2. The van der Waals surface area contributed by atoms with Crippen molar-refractivity contribution in [3.8, 4) is 0 Å². The average Bonchev–Trinajstić information content (AvgIpc) is 3.02. The SMILES string of the molecule is Cc1occc1CN(C)C(=O)C1CSC(Cc2ccccc2F)C(=O)N1. The molecule has 0 aliphatic carbocycles. The maximum Gasteiger partial charge on any atom is 0.246 e. The number of benzene rings is 1. The van der Waals surface area contributed by atoms with E-state index in [4.69, 9.17) is 4.42 Å². The Morgan fingerprint density at radius 1 is 1.35 bits per heavy atom. The largest absolute Gasteiger partial charge is 0.469 e. The zero-order valence-electron chi connectivity index (χ0n) is 14.7. The Bertz CT molecular complexity index is 808. The number of rotatable bonds is 5. The molecule has 2 unspecified atom stereocenters. The van der Waals surface area contributed by atoms with Gasteiger partial charge in [-0.3, -0.25) is 9.59 Å². The topological polar surface area (TPSA) is 62.6 Å². The molecule has 2 amide bonds. The molecule has 1 aromatic heterocycles. The van der Waals surface area contributed by atoms with E-state index in [0.717, 1.165) is 11.3 Å². The molecule has 2 heterocycles. The van der Waals surface area contributed by atoms with Crippen LogP contribution in [0.2, 0.25) is 0 Å². The van der Waals surface area contributed by atoms with E-state index in [2.05, 4.69) is 5.32 Å². The summed E-state index contributed by atoms with van der Waals surface area (Å²) in [6.07, 6.45) is 1.91. The Morgan fingerprint density at radius 3 is 2.77 bits per heavy atom. The standard InChI is InChI=1S/C19H21FN2O3S/c1-12-14(7-8-25-12)10-22(2)19(24)16-11-26-17(18(23)21-16)9-13-5-3-4-6-15(13)20/h3-8,16-17H,9-11H2,1-2H3,(H,21,23). The number of thioether (sulfide) groups is 1. The first-order valence-electron chi connectivity index (χ1n) is 8.39.